The van der Waals surface area contributed by atoms with Gasteiger partial charge in [-0.1, -0.05) is 32.1 Å². The van der Waals surface area contributed by atoms with E-state index in [2.05, 4.69) is 36.3 Å². The molecule has 1 aromatic rings. The fourth-order valence-corrected chi connectivity index (χ4v) is 1.50. The number of nitrogens with zero attached hydrogens (tertiary/aromatic N) is 2. The van der Waals surface area contributed by atoms with Crippen LogP contribution in [0, 0.1) is 5.41 Å². The maximum Gasteiger partial charge on any atom is 0.282 e. The van der Waals surface area contributed by atoms with Crippen molar-refractivity contribution in [1.29, 1.82) is 0 Å². The number of hydrogen-bond donors (Lipinski definition) is 1. The molecule has 1 atom stereocenters. The fraction of sp³-hybridized carbons (Fsp3) is 0.667. The Morgan fingerprint density at radius 2 is 2.07 bits per heavy atom. The van der Waals surface area contributed by atoms with Crippen molar-refractivity contribution in [2.24, 2.45) is 5.41 Å². The van der Waals surface area contributed by atoms with Gasteiger partial charge in [-0.25, -0.2) is 0 Å². The highest BCUT2D eigenvalue weighted by Gasteiger charge is 2.23. The molecule has 4 nitrogen and oxygen atoms in total. The van der Waals surface area contributed by atoms with Gasteiger partial charge in [0.25, 0.3) is 5.91 Å². The van der Waals surface area contributed by atoms with E-state index in [4.69, 9.17) is 11.6 Å². The molecule has 15 heavy (non-hydrogen) atoms. The van der Waals surface area contributed by atoms with Crippen LogP contribution in [0.4, 0.5) is 0 Å². The van der Waals surface area contributed by atoms with Gasteiger partial charge in [-0.2, -0.15) is 0 Å². The molecule has 84 valence electrons. The Bertz CT molecular complexity index is 358. The molecule has 0 fully saturated rings. The molecule has 0 aliphatic carbocycles. The smallest absolute Gasteiger partial charge is 0.282 e. The Balaban J connectivity index is 2.64. The summed E-state index contributed by atoms with van der Waals surface area (Å²) in [6.45, 7) is 8.14. The quantitative estimate of drug-likeness (QED) is 0.873. The lowest BCUT2D eigenvalue weighted by Crippen LogP contribution is -2.41. The Hall–Kier alpha value is -0.680. The lowest BCUT2D eigenvalue weighted by molar-refractivity contribution is 0.0909. The van der Waals surface area contributed by atoms with E-state index < -0.39 is 0 Å². The van der Waals surface area contributed by atoms with Crippen molar-refractivity contribution in [3.05, 3.63) is 9.47 Å². The summed E-state index contributed by atoms with van der Waals surface area (Å²) in [5.74, 6) is -0.221. The number of carbonyl (C=O) groups excluding carboxylic acids is 1. The van der Waals surface area contributed by atoms with Crippen LogP contribution in [0.2, 0.25) is 4.47 Å². The van der Waals surface area contributed by atoms with Crippen LogP contribution in [0.25, 0.3) is 0 Å². The molecule has 1 heterocycles. The molecule has 0 bridgehead atoms. The molecule has 1 aromatic heterocycles. The van der Waals surface area contributed by atoms with Gasteiger partial charge in [-0.05, 0) is 23.9 Å². The maximum atomic E-state index is 11.7. The number of carbonyl (C=O) groups is 1. The largest absolute Gasteiger partial charge is 0.347 e. The van der Waals surface area contributed by atoms with E-state index in [9.17, 15) is 4.79 Å². The number of aromatic nitrogens is 2. The summed E-state index contributed by atoms with van der Waals surface area (Å²) < 4.78 is 0.281. The first kappa shape index (κ1) is 12.4. The maximum absolute atomic E-state index is 11.7. The summed E-state index contributed by atoms with van der Waals surface area (Å²) >= 11 is 6.68. The summed E-state index contributed by atoms with van der Waals surface area (Å²) in [5, 5.41) is 10.4. The van der Waals surface area contributed by atoms with Crippen LogP contribution in [-0.4, -0.2) is 22.1 Å². The monoisotopic (exact) mass is 247 g/mol. The van der Waals surface area contributed by atoms with Gasteiger partial charge < -0.3 is 5.32 Å². The first-order valence-corrected chi connectivity index (χ1v) is 5.80. The second-order valence-corrected chi connectivity index (χ2v) is 5.98. The zero-order valence-corrected chi connectivity index (χ0v) is 10.7. The predicted molar refractivity (Wildman–Crippen MR) is 61.3 cm³/mol. The van der Waals surface area contributed by atoms with Crippen LogP contribution in [0.1, 0.15) is 37.5 Å². The number of amides is 1. The molecule has 0 aromatic carbocycles. The van der Waals surface area contributed by atoms with E-state index in [-0.39, 0.29) is 21.8 Å². The lowest BCUT2D eigenvalue weighted by Gasteiger charge is -2.27. The Morgan fingerprint density at radius 1 is 1.47 bits per heavy atom. The van der Waals surface area contributed by atoms with Crippen LogP contribution in [0.5, 0.6) is 0 Å². The summed E-state index contributed by atoms with van der Waals surface area (Å²) in [5.41, 5.74) is 0.0180. The van der Waals surface area contributed by atoms with Gasteiger partial charge in [0, 0.05) is 6.04 Å². The minimum atomic E-state index is -0.221. The van der Waals surface area contributed by atoms with Crippen molar-refractivity contribution in [3.8, 4) is 0 Å². The summed E-state index contributed by atoms with van der Waals surface area (Å²) in [4.78, 5) is 11.7. The topological polar surface area (TPSA) is 54.9 Å². The van der Waals surface area contributed by atoms with Crippen LogP contribution in [-0.2, 0) is 0 Å². The van der Waals surface area contributed by atoms with E-state index in [0.29, 0.717) is 5.01 Å². The molecule has 0 aliphatic rings. The van der Waals surface area contributed by atoms with Crippen LogP contribution >= 0.6 is 22.9 Å². The minimum Gasteiger partial charge on any atom is -0.347 e. The van der Waals surface area contributed by atoms with Crippen molar-refractivity contribution in [2.75, 3.05) is 0 Å². The van der Waals surface area contributed by atoms with Gasteiger partial charge in [0.2, 0.25) is 9.47 Å². The van der Waals surface area contributed by atoms with Crippen molar-refractivity contribution in [3.63, 3.8) is 0 Å². The van der Waals surface area contributed by atoms with Gasteiger partial charge in [-0.3, -0.25) is 4.79 Å². The molecule has 0 saturated heterocycles. The third kappa shape index (κ3) is 3.43. The van der Waals surface area contributed by atoms with Crippen LogP contribution in [0.15, 0.2) is 0 Å². The average molecular weight is 248 g/mol. The Morgan fingerprint density at radius 3 is 2.47 bits per heavy atom. The van der Waals surface area contributed by atoms with E-state index in [1.807, 2.05) is 6.92 Å². The van der Waals surface area contributed by atoms with Crippen molar-refractivity contribution < 1.29 is 4.79 Å². The molecule has 6 heteroatoms. The molecule has 1 rings (SSSR count). The van der Waals surface area contributed by atoms with Gasteiger partial charge in [0.15, 0.2) is 0 Å². The van der Waals surface area contributed by atoms with E-state index in [1.165, 1.54) is 0 Å². The van der Waals surface area contributed by atoms with Crippen LogP contribution < -0.4 is 5.32 Å². The highest BCUT2D eigenvalue weighted by atomic mass is 35.5. The first-order chi connectivity index (χ1) is 6.80. The standard InChI is InChI=1S/C9H14ClN3OS/c1-5(9(2,3)4)11-6(14)7-12-13-8(10)15-7/h5H,1-4H3,(H,11,14). The molecule has 1 unspecified atom stereocenters. The predicted octanol–water partition coefficient (Wildman–Crippen LogP) is 2.36. The molecule has 1 amide bonds. The molecule has 0 saturated carbocycles. The highest BCUT2D eigenvalue weighted by Crippen LogP contribution is 2.20. The van der Waals surface area contributed by atoms with Crippen LogP contribution in [0.3, 0.4) is 0 Å². The third-order valence-corrected chi connectivity index (χ3v) is 3.26. The second-order valence-electron chi connectivity index (χ2n) is 4.42. The lowest BCUT2D eigenvalue weighted by atomic mass is 9.88. The molecular weight excluding hydrogens is 234 g/mol. The van der Waals surface area contributed by atoms with E-state index >= 15 is 0 Å². The van der Waals surface area contributed by atoms with Gasteiger partial charge in [0.1, 0.15) is 0 Å². The highest BCUT2D eigenvalue weighted by molar-refractivity contribution is 7.17. The normalized spacial score (nSPS) is 13.7. The summed E-state index contributed by atoms with van der Waals surface area (Å²) in [6, 6.07) is 0.0627. The SMILES string of the molecule is CC(NC(=O)c1nnc(Cl)s1)C(C)(C)C. The Labute approximate surface area is 98.0 Å². The molecule has 0 spiro atoms. The zero-order chi connectivity index (χ0) is 11.6. The van der Waals surface area contributed by atoms with E-state index in [0.717, 1.165) is 11.3 Å². The fourth-order valence-electron chi connectivity index (χ4n) is 0.772. The molecular formula is C9H14ClN3OS. The number of halogens is 1. The zero-order valence-electron chi connectivity index (χ0n) is 9.17. The van der Waals surface area contributed by atoms with Gasteiger partial charge >= 0.3 is 0 Å². The van der Waals surface area contributed by atoms with Crippen molar-refractivity contribution >= 4 is 28.8 Å². The van der Waals surface area contributed by atoms with Crippen molar-refractivity contribution in [1.82, 2.24) is 15.5 Å². The number of hydrogen-bond acceptors (Lipinski definition) is 4. The number of nitrogens with one attached hydrogen (secondary N) is 1. The first-order valence-electron chi connectivity index (χ1n) is 4.60. The third-order valence-electron chi connectivity index (χ3n) is 2.24. The molecule has 0 radical (unpaired) electrons. The molecule has 1 N–H and O–H groups in total. The molecule has 0 aliphatic heterocycles. The van der Waals surface area contributed by atoms with Crippen molar-refractivity contribution in [2.45, 2.75) is 33.7 Å². The summed E-state index contributed by atoms with van der Waals surface area (Å²) in [7, 11) is 0. The number of rotatable bonds is 2. The second kappa shape index (κ2) is 4.45. The van der Waals surface area contributed by atoms with Gasteiger partial charge in [-0.15, -0.1) is 10.2 Å². The average Bonchev–Trinajstić information content (AvgIpc) is 2.50. The van der Waals surface area contributed by atoms with E-state index in [1.54, 1.807) is 0 Å². The summed E-state index contributed by atoms with van der Waals surface area (Å²) in [6.07, 6.45) is 0. The van der Waals surface area contributed by atoms with Gasteiger partial charge in [0.05, 0.1) is 0 Å². The minimum absolute atomic E-state index is 0.0180. The Kier molecular flexibility index (Phi) is 3.67.